The van der Waals surface area contributed by atoms with Gasteiger partial charge in [0.1, 0.15) is 12.4 Å². The summed E-state index contributed by atoms with van der Waals surface area (Å²) >= 11 is 0. The molecule has 0 fully saturated rings. The number of hydrogen-bond acceptors (Lipinski definition) is 3. The second kappa shape index (κ2) is 5.95. The number of nitrogens with zero attached hydrogens (tertiary/aromatic N) is 1. The number of amides is 1. The second-order valence-electron chi connectivity index (χ2n) is 4.95. The van der Waals surface area contributed by atoms with Crippen LogP contribution < -0.4 is 10.5 Å². The minimum absolute atomic E-state index is 0.127. The van der Waals surface area contributed by atoms with Crippen LogP contribution in [0.4, 0.5) is 5.69 Å². The van der Waals surface area contributed by atoms with Crippen LogP contribution >= 0.6 is 0 Å². The van der Waals surface area contributed by atoms with Gasteiger partial charge in [0.15, 0.2) is 0 Å². The summed E-state index contributed by atoms with van der Waals surface area (Å²) < 4.78 is 5.77. The van der Waals surface area contributed by atoms with Crippen LogP contribution in [-0.4, -0.2) is 30.0 Å². The van der Waals surface area contributed by atoms with E-state index in [1.807, 2.05) is 30.0 Å². The first-order valence-corrected chi connectivity index (χ1v) is 6.97. The Morgan fingerprint density at radius 1 is 1.47 bits per heavy atom. The number of rotatable bonds is 4. The molecule has 0 saturated heterocycles. The van der Waals surface area contributed by atoms with E-state index in [0.717, 1.165) is 30.7 Å². The number of benzene rings is 1. The number of fused-ring (bicyclic) bond motifs is 1. The van der Waals surface area contributed by atoms with Crippen LogP contribution in [0.5, 0.6) is 5.75 Å². The maximum Gasteiger partial charge on any atom is 0.222 e. The SMILES string of the molecule is CCCN(C(=O)CC)[C@H]1COc2c(N)cccc2C1. The smallest absolute Gasteiger partial charge is 0.222 e. The molecule has 1 amide bonds. The molecule has 1 aromatic carbocycles. The molecule has 2 N–H and O–H groups in total. The average molecular weight is 262 g/mol. The van der Waals surface area contributed by atoms with E-state index < -0.39 is 0 Å². The van der Waals surface area contributed by atoms with Crippen molar-refractivity contribution in [2.45, 2.75) is 39.2 Å². The number of para-hydroxylation sites is 1. The number of carbonyl (C=O) groups excluding carboxylic acids is 1. The molecular formula is C15H22N2O2. The van der Waals surface area contributed by atoms with Crippen LogP contribution in [-0.2, 0) is 11.2 Å². The molecule has 0 saturated carbocycles. The van der Waals surface area contributed by atoms with Crippen LogP contribution in [0.2, 0.25) is 0 Å². The van der Waals surface area contributed by atoms with E-state index in [4.69, 9.17) is 10.5 Å². The van der Waals surface area contributed by atoms with Crippen molar-refractivity contribution in [1.29, 1.82) is 0 Å². The molecule has 1 aliphatic rings. The predicted molar refractivity (Wildman–Crippen MR) is 76.1 cm³/mol. The van der Waals surface area contributed by atoms with E-state index in [-0.39, 0.29) is 11.9 Å². The number of hydrogen-bond donors (Lipinski definition) is 1. The fourth-order valence-corrected chi connectivity index (χ4v) is 2.59. The van der Waals surface area contributed by atoms with E-state index in [1.54, 1.807) is 0 Å². The molecule has 4 nitrogen and oxygen atoms in total. The van der Waals surface area contributed by atoms with Gasteiger partial charge in [0.25, 0.3) is 0 Å². The molecule has 1 aliphatic heterocycles. The molecule has 4 heteroatoms. The Bertz CT molecular complexity index is 459. The number of anilines is 1. The highest BCUT2D eigenvalue weighted by molar-refractivity contribution is 5.76. The standard InChI is InChI=1S/C15H22N2O2/c1-3-8-17(14(18)4-2)12-9-11-6-5-7-13(16)15(11)19-10-12/h5-7,12H,3-4,8-10,16H2,1-2H3/t12-/m1/s1. The van der Waals surface area contributed by atoms with Crippen molar-refractivity contribution in [3.05, 3.63) is 23.8 Å². The zero-order valence-corrected chi connectivity index (χ0v) is 11.7. The molecule has 0 bridgehead atoms. The highest BCUT2D eigenvalue weighted by Crippen LogP contribution is 2.32. The third-order valence-electron chi connectivity index (χ3n) is 3.53. The summed E-state index contributed by atoms with van der Waals surface area (Å²) in [5.41, 5.74) is 7.68. The highest BCUT2D eigenvalue weighted by atomic mass is 16.5. The van der Waals surface area contributed by atoms with Gasteiger partial charge in [-0.1, -0.05) is 26.0 Å². The summed E-state index contributed by atoms with van der Waals surface area (Å²) in [4.78, 5) is 14.0. The lowest BCUT2D eigenvalue weighted by molar-refractivity contribution is -0.134. The first kappa shape index (κ1) is 13.7. The van der Waals surface area contributed by atoms with Crippen molar-refractivity contribution >= 4 is 11.6 Å². The van der Waals surface area contributed by atoms with Gasteiger partial charge in [0.05, 0.1) is 11.7 Å². The fraction of sp³-hybridized carbons (Fsp3) is 0.533. The van der Waals surface area contributed by atoms with Gasteiger partial charge in [-0.15, -0.1) is 0 Å². The van der Waals surface area contributed by atoms with Crippen molar-refractivity contribution < 1.29 is 9.53 Å². The first-order valence-electron chi connectivity index (χ1n) is 6.97. The van der Waals surface area contributed by atoms with Gasteiger partial charge in [-0.25, -0.2) is 0 Å². The van der Waals surface area contributed by atoms with E-state index in [0.29, 0.717) is 18.7 Å². The molecule has 0 spiro atoms. The molecule has 0 aromatic heterocycles. The summed E-state index contributed by atoms with van der Waals surface area (Å²) in [6.45, 7) is 5.32. The Kier molecular flexibility index (Phi) is 4.30. The summed E-state index contributed by atoms with van der Waals surface area (Å²) in [6.07, 6.45) is 2.33. The fourth-order valence-electron chi connectivity index (χ4n) is 2.59. The lowest BCUT2D eigenvalue weighted by atomic mass is 10.00. The molecule has 1 atom stereocenters. The zero-order valence-electron chi connectivity index (χ0n) is 11.7. The monoisotopic (exact) mass is 262 g/mol. The molecule has 0 unspecified atom stereocenters. The summed E-state index contributed by atoms with van der Waals surface area (Å²) in [5, 5.41) is 0. The van der Waals surface area contributed by atoms with E-state index in [9.17, 15) is 4.79 Å². The topological polar surface area (TPSA) is 55.6 Å². The van der Waals surface area contributed by atoms with Crippen LogP contribution in [0.15, 0.2) is 18.2 Å². The minimum atomic E-state index is 0.127. The Morgan fingerprint density at radius 2 is 2.26 bits per heavy atom. The van der Waals surface area contributed by atoms with E-state index >= 15 is 0 Å². The average Bonchev–Trinajstić information content (AvgIpc) is 2.44. The van der Waals surface area contributed by atoms with Crippen molar-refractivity contribution in [1.82, 2.24) is 4.90 Å². The molecule has 104 valence electrons. The van der Waals surface area contributed by atoms with Crippen LogP contribution in [0.1, 0.15) is 32.3 Å². The van der Waals surface area contributed by atoms with E-state index in [1.165, 1.54) is 0 Å². The number of carbonyl (C=O) groups is 1. The number of nitrogens with two attached hydrogens (primary N) is 1. The summed E-state index contributed by atoms with van der Waals surface area (Å²) in [7, 11) is 0. The van der Waals surface area contributed by atoms with E-state index in [2.05, 4.69) is 6.92 Å². The molecule has 19 heavy (non-hydrogen) atoms. The number of ether oxygens (including phenoxy) is 1. The second-order valence-corrected chi connectivity index (χ2v) is 4.95. The Labute approximate surface area is 114 Å². The van der Waals surface area contributed by atoms with Gasteiger partial charge in [-0.05, 0) is 24.5 Å². The Morgan fingerprint density at radius 3 is 2.95 bits per heavy atom. The largest absolute Gasteiger partial charge is 0.489 e. The first-order chi connectivity index (χ1) is 9.17. The molecule has 1 aromatic rings. The Hall–Kier alpha value is -1.71. The number of nitrogen functional groups attached to an aromatic ring is 1. The maximum absolute atomic E-state index is 12.0. The van der Waals surface area contributed by atoms with Crippen LogP contribution in [0, 0.1) is 0 Å². The van der Waals surface area contributed by atoms with Crippen molar-refractivity contribution in [2.24, 2.45) is 0 Å². The molecule has 2 rings (SSSR count). The van der Waals surface area contributed by atoms with Gasteiger partial charge in [0.2, 0.25) is 5.91 Å². The van der Waals surface area contributed by atoms with Crippen molar-refractivity contribution in [2.75, 3.05) is 18.9 Å². The third kappa shape index (κ3) is 2.83. The molecule has 1 heterocycles. The van der Waals surface area contributed by atoms with Gasteiger partial charge in [-0.3, -0.25) is 4.79 Å². The van der Waals surface area contributed by atoms with Gasteiger partial charge >= 0.3 is 0 Å². The predicted octanol–water partition coefficient (Wildman–Crippen LogP) is 2.22. The minimum Gasteiger partial charge on any atom is -0.489 e. The normalized spacial score (nSPS) is 17.5. The summed E-state index contributed by atoms with van der Waals surface area (Å²) in [6, 6.07) is 5.94. The highest BCUT2D eigenvalue weighted by Gasteiger charge is 2.28. The van der Waals surface area contributed by atoms with Gasteiger partial charge in [0, 0.05) is 13.0 Å². The van der Waals surface area contributed by atoms with Gasteiger partial charge < -0.3 is 15.4 Å². The van der Waals surface area contributed by atoms with Crippen LogP contribution in [0.3, 0.4) is 0 Å². The zero-order chi connectivity index (χ0) is 13.8. The van der Waals surface area contributed by atoms with Crippen molar-refractivity contribution in [3.63, 3.8) is 0 Å². The quantitative estimate of drug-likeness (QED) is 0.846. The molecule has 0 radical (unpaired) electrons. The van der Waals surface area contributed by atoms with Crippen LogP contribution in [0.25, 0.3) is 0 Å². The summed E-state index contributed by atoms with van der Waals surface area (Å²) in [5.74, 6) is 0.988. The molecular weight excluding hydrogens is 240 g/mol. The Balaban J connectivity index is 2.17. The third-order valence-corrected chi connectivity index (χ3v) is 3.53. The lowest BCUT2D eigenvalue weighted by Gasteiger charge is -2.35. The van der Waals surface area contributed by atoms with Gasteiger partial charge in [-0.2, -0.15) is 0 Å². The van der Waals surface area contributed by atoms with Crippen molar-refractivity contribution in [3.8, 4) is 5.75 Å². The molecule has 0 aliphatic carbocycles. The maximum atomic E-state index is 12.0. The lowest BCUT2D eigenvalue weighted by Crippen LogP contribution is -2.46.